The minimum atomic E-state index is -0.310. The molecule has 0 aliphatic heterocycles. The number of hydrogen-bond donors (Lipinski definition) is 1. The highest BCUT2D eigenvalue weighted by Gasteiger charge is 2.23. The van der Waals surface area contributed by atoms with Crippen LogP contribution in [0.2, 0.25) is 0 Å². The van der Waals surface area contributed by atoms with E-state index in [0.29, 0.717) is 5.92 Å². The molecule has 0 radical (unpaired) electrons. The zero-order valence-electron chi connectivity index (χ0n) is 10.5. The molecule has 1 aliphatic carbocycles. The summed E-state index contributed by atoms with van der Waals surface area (Å²) in [7, 11) is 0. The number of aliphatic hydroxyl groups is 1. The average molecular weight is 241 g/mol. The lowest BCUT2D eigenvalue weighted by atomic mass is 9.82. The standard InChI is InChI=1S/C16H19NO/c18-16(12-5-2-1-3-6-12)14-8-9-15-13(11-14)7-4-10-17-15/h4,7-12,16,18H,1-3,5-6H2. The van der Waals surface area contributed by atoms with Crippen molar-refractivity contribution in [1.82, 2.24) is 4.98 Å². The van der Waals surface area contributed by atoms with Crippen LogP contribution in [0.1, 0.15) is 43.8 Å². The van der Waals surface area contributed by atoms with Crippen LogP contribution in [0.5, 0.6) is 0 Å². The second-order valence-electron chi connectivity index (χ2n) is 5.30. The van der Waals surface area contributed by atoms with Gasteiger partial charge in [-0.1, -0.05) is 31.4 Å². The van der Waals surface area contributed by atoms with E-state index in [1.54, 1.807) is 6.20 Å². The number of aromatic nitrogens is 1. The predicted octanol–water partition coefficient (Wildman–Crippen LogP) is 3.85. The Kier molecular flexibility index (Phi) is 3.28. The highest BCUT2D eigenvalue weighted by Crippen LogP contribution is 2.34. The molecular formula is C16H19NO. The van der Waals surface area contributed by atoms with Gasteiger partial charge < -0.3 is 5.11 Å². The molecule has 1 heterocycles. The van der Waals surface area contributed by atoms with Crippen molar-refractivity contribution in [2.45, 2.75) is 38.2 Å². The normalized spacial score (nSPS) is 18.9. The summed E-state index contributed by atoms with van der Waals surface area (Å²) in [6, 6.07) is 10.1. The molecule has 1 aromatic carbocycles. The molecule has 1 unspecified atom stereocenters. The molecule has 94 valence electrons. The molecule has 0 spiro atoms. The fourth-order valence-corrected chi connectivity index (χ4v) is 3.00. The summed E-state index contributed by atoms with van der Waals surface area (Å²) in [5.41, 5.74) is 2.04. The van der Waals surface area contributed by atoms with Gasteiger partial charge in [-0.05, 0) is 42.5 Å². The number of rotatable bonds is 2. The molecule has 1 aromatic heterocycles. The lowest BCUT2D eigenvalue weighted by Crippen LogP contribution is -2.15. The Morgan fingerprint density at radius 1 is 1.11 bits per heavy atom. The Bertz CT molecular complexity index is 531. The predicted molar refractivity (Wildman–Crippen MR) is 73.3 cm³/mol. The molecule has 0 amide bonds. The molecule has 1 aliphatic rings. The first kappa shape index (κ1) is 11.7. The van der Waals surface area contributed by atoms with E-state index < -0.39 is 0 Å². The molecule has 1 N–H and O–H groups in total. The van der Waals surface area contributed by atoms with E-state index in [-0.39, 0.29) is 6.10 Å². The van der Waals surface area contributed by atoms with Gasteiger partial charge >= 0.3 is 0 Å². The van der Waals surface area contributed by atoms with E-state index in [2.05, 4.69) is 17.1 Å². The first-order valence-corrected chi connectivity index (χ1v) is 6.87. The molecule has 1 atom stereocenters. The van der Waals surface area contributed by atoms with Gasteiger partial charge in [-0.3, -0.25) is 4.98 Å². The Hall–Kier alpha value is -1.41. The summed E-state index contributed by atoms with van der Waals surface area (Å²) in [6.45, 7) is 0. The Balaban J connectivity index is 1.88. The number of fused-ring (bicyclic) bond motifs is 1. The minimum absolute atomic E-state index is 0.310. The highest BCUT2D eigenvalue weighted by molar-refractivity contribution is 5.79. The van der Waals surface area contributed by atoms with Gasteiger partial charge in [0.25, 0.3) is 0 Å². The molecule has 2 heteroatoms. The van der Waals surface area contributed by atoms with Gasteiger partial charge in [0.1, 0.15) is 0 Å². The van der Waals surface area contributed by atoms with Crippen molar-refractivity contribution >= 4 is 10.9 Å². The maximum Gasteiger partial charge on any atom is 0.0818 e. The Morgan fingerprint density at radius 2 is 1.94 bits per heavy atom. The monoisotopic (exact) mass is 241 g/mol. The van der Waals surface area contributed by atoms with Crippen molar-refractivity contribution in [1.29, 1.82) is 0 Å². The van der Waals surface area contributed by atoms with Crippen LogP contribution < -0.4 is 0 Å². The van der Waals surface area contributed by atoms with E-state index in [1.165, 1.54) is 19.3 Å². The van der Waals surface area contributed by atoms with Crippen LogP contribution in [-0.4, -0.2) is 10.1 Å². The average Bonchev–Trinajstić information content (AvgIpc) is 2.47. The van der Waals surface area contributed by atoms with Crippen molar-refractivity contribution in [2.24, 2.45) is 5.92 Å². The first-order valence-electron chi connectivity index (χ1n) is 6.87. The summed E-state index contributed by atoms with van der Waals surface area (Å²) < 4.78 is 0. The zero-order chi connectivity index (χ0) is 12.4. The van der Waals surface area contributed by atoms with E-state index in [4.69, 9.17) is 0 Å². The van der Waals surface area contributed by atoms with E-state index in [0.717, 1.165) is 29.3 Å². The van der Waals surface area contributed by atoms with Gasteiger partial charge in [0, 0.05) is 11.6 Å². The van der Waals surface area contributed by atoms with Gasteiger partial charge in [0.2, 0.25) is 0 Å². The van der Waals surface area contributed by atoms with Gasteiger partial charge in [0.15, 0.2) is 0 Å². The quantitative estimate of drug-likeness (QED) is 0.866. The minimum Gasteiger partial charge on any atom is -0.388 e. The van der Waals surface area contributed by atoms with Crippen molar-refractivity contribution < 1.29 is 5.11 Å². The van der Waals surface area contributed by atoms with Crippen molar-refractivity contribution in [3.05, 3.63) is 42.1 Å². The molecule has 1 fully saturated rings. The van der Waals surface area contributed by atoms with Crippen LogP contribution >= 0.6 is 0 Å². The summed E-state index contributed by atoms with van der Waals surface area (Å²) in [5, 5.41) is 11.6. The second-order valence-corrected chi connectivity index (χ2v) is 5.30. The largest absolute Gasteiger partial charge is 0.388 e. The Morgan fingerprint density at radius 3 is 2.78 bits per heavy atom. The van der Waals surface area contributed by atoms with Crippen molar-refractivity contribution in [2.75, 3.05) is 0 Å². The number of pyridine rings is 1. The number of nitrogens with zero attached hydrogens (tertiary/aromatic N) is 1. The third kappa shape index (κ3) is 2.25. The maximum atomic E-state index is 10.5. The van der Waals surface area contributed by atoms with Crippen LogP contribution in [0.4, 0.5) is 0 Å². The van der Waals surface area contributed by atoms with E-state index in [9.17, 15) is 5.11 Å². The van der Waals surface area contributed by atoms with E-state index >= 15 is 0 Å². The maximum absolute atomic E-state index is 10.5. The van der Waals surface area contributed by atoms with Gasteiger partial charge in [-0.15, -0.1) is 0 Å². The molecule has 18 heavy (non-hydrogen) atoms. The Labute approximate surface area is 108 Å². The third-order valence-corrected chi connectivity index (χ3v) is 4.06. The molecule has 2 aromatic rings. The van der Waals surface area contributed by atoms with Crippen LogP contribution in [-0.2, 0) is 0 Å². The zero-order valence-corrected chi connectivity index (χ0v) is 10.5. The number of benzene rings is 1. The summed E-state index contributed by atoms with van der Waals surface area (Å²) in [5.74, 6) is 0.438. The summed E-state index contributed by atoms with van der Waals surface area (Å²) >= 11 is 0. The molecular weight excluding hydrogens is 222 g/mol. The third-order valence-electron chi connectivity index (χ3n) is 4.06. The van der Waals surface area contributed by atoms with Crippen molar-refractivity contribution in [3.8, 4) is 0 Å². The fourth-order valence-electron chi connectivity index (χ4n) is 3.00. The van der Waals surface area contributed by atoms with Crippen LogP contribution in [0, 0.1) is 5.92 Å². The topological polar surface area (TPSA) is 33.1 Å². The molecule has 0 saturated heterocycles. The molecule has 3 rings (SSSR count). The van der Waals surface area contributed by atoms with Gasteiger partial charge in [0.05, 0.1) is 11.6 Å². The lowest BCUT2D eigenvalue weighted by molar-refractivity contribution is 0.0849. The second kappa shape index (κ2) is 5.07. The molecule has 0 bridgehead atoms. The van der Waals surface area contributed by atoms with Gasteiger partial charge in [-0.25, -0.2) is 0 Å². The summed E-state index contributed by atoms with van der Waals surface area (Å²) in [4.78, 5) is 4.31. The van der Waals surface area contributed by atoms with Crippen molar-refractivity contribution in [3.63, 3.8) is 0 Å². The van der Waals surface area contributed by atoms with Crippen LogP contribution in [0.25, 0.3) is 10.9 Å². The number of hydrogen-bond acceptors (Lipinski definition) is 2. The number of aliphatic hydroxyl groups excluding tert-OH is 1. The first-order chi connectivity index (χ1) is 8.84. The van der Waals surface area contributed by atoms with Crippen LogP contribution in [0.3, 0.4) is 0 Å². The lowest BCUT2D eigenvalue weighted by Gasteiger charge is -2.26. The van der Waals surface area contributed by atoms with Gasteiger partial charge in [-0.2, -0.15) is 0 Å². The smallest absolute Gasteiger partial charge is 0.0818 e. The fraction of sp³-hybridized carbons (Fsp3) is 0.438. The molecule has 1 saturated carbocycles. The van der Waals surface area contributed by atoms with E-state index in [1.807, 2.05) is 18.2 Å². The SMILES string of the molecule is OC(c1ccc2ncccc2c1)C1CCCCC1. The highest BCUT2D eigenvalue weighted by atomic mass is 16.3. The van der Waals surface area contributed by atoms with Crippen LogP contribution in [0.15, 0.2) is 36.5 Å². The summed E-state index contributed by atoms with van der Waals surface area (Å²) in [6.07, 6.45) is 7.66. The molecule has 2 nitrogen and oxygen atoms in total.